The fraction of sp³-hybridized carbons (Fsp3) is 0.115. The zero-order valence-electron chi connectivity index (χ0n) is 19.8. The van der Waals surface area contributed by atoms with Crippen LogP contribution >= 0.6 is 0 Å². The van der Waals surface area contributed by atoms with Crippen molar-refractivity contribution < 1.29 is 23.1 Å². The lowest BCUT2D eigenvalue weighted by Crippen LogP contribution is -2.31. The molecule has 1 amide bonds. The maximum absolute atomic E-state index is 13.1. The molecule has 36 heavy (non-hydrogen) atoms. The molecule has 4 aromatic rings. The molecule has 0 fully saturated rings. The first-order valence-corrected chi connectivity index (χ1v) is 12.4. The van der Waals surface area contributed by atoms with Crippen molar-refractivity contribution in [3.8, 4) is 28.6 Å². The molecular formula is C26H24N4O5S. The number of nitrogens with one attached hydrogen (secondary N) is 1. The van der Waals surface area contributed by atoms with E-state index in [1.54, 1.807) is 18.2 Å². The van der Waals surface area contributed by atoms with Gasteiger partial charge in [-0.1, -0.05) is 23.8 Å². The van der Waals surface area contributed by atoms with Gasteiger partial charge < -0.3 is 15.6 Å². The number of phenolic OH excluding ortho intramolecular Hbond substituents is 1. The molecule has 184 valence electrons. The number of rotatable bonds is 6. The van der Waals surface area contributed by atoms with Gasteiger partial charge in [-0.2, -0.15) is 8.42 Å². The van der Waals surface area contributed by atoms with E-state index in [0.29, 0.717) is 17.0 Å². The third-order valence-electron chi connectivity index (χ3n) is 5.32. The lowest BCUT2D eigenvalue weighted by atomic mass is 10.1. The van der Waals surface area contributed by atoms with Crippen molar-refractivity contribution in [3.63, 3.8) is 0 Å². The molecule has 0 spiro atoms. The number of nitrogens with zero attached hydrogens (tertiary/aromatic N) is 2. The van der Waals surface area contributed by atoms with Crippen LogP contribution in [-0.4, -0.2) is 29.4 Å². The summed E-state index contributed by atoms with van der Waals surface area (Å²) in [7, 11) is -4.31. The number of nitrogens with two attached hydrogens (primary N) is 1. The Morgan fingerprint density at radius 2 is 1.61 bits per heavy atom. The molecule has 0 atom stereocenters. The molecule has 2 heterocycles. The highest BCUT2D eigenvalue weighted by Gasteiger charge is 2.24. The first-order valence-electron chi connectivity index (χ1n) is 10.9. The fourth-order valence-electron chi connectivity index (χ4n) is 3.72. The van der Waals surface area contributed by atoms with Gasteiger partial charge in [0.15, 0.2) is 5.03 Å². The number of hydrogen-bond acceptors (Lipinski definition) is 8. The van der Waals surface area contributed by atoms with Crippen molar-refractivity contribution in [2.24, 2.45) is 0 Å². The Hall–Kier alpha value is -4.44. The molecule has 0 aliphatic carbocycles. The summed E-state index contributed by atoms with van der Waals surface area (Å²) < 4.78 is 33.7. The predicted molar refractivity (Wildman–Crippen MR) is 135 cm³/mol. The van der Waals surface area contributed by atoms with Crippen molar-refractivity contribution in [3.05, 3.63) is 89.0 Å². The maximum Gasteiger partial charge on any atom is 0.281 e. The van der Waals surface area contributed by atoms with Crippen molar-refractivity contribution >= 4 is 21.7 Å². The Labute approximate surface area is 208 Å². The molecule has 2 aromatic carbocycles. The summed E-state index contributed by atoms with van der Waals surface area (Å²) in [6, 6.07) is 17.3. The van der Waals surface area contributed by atoms with Gasteiger partial charge in [-0.25, -0.2) is 14.7 Å². The summed E-state index contributed by atoms with van der Waals surface area (Å²) in [5.74, 6) is -0.423. The molecule has 2 aromatic heterocycles. The Bertz CT molecular complexity index is 1550. The molecule has 0 radical (unpaired) electrons. The van der Waals surface area contributed by atoms with Crippen molar-refractivity contribution in [1.82, 2.24) is 14.7 Å². The smallest absolute Gasteiger partial charge is 0.281 e. The van der Waals surface area contributed by atoms with Gasteiger partial charge in [0, 0.05) is 5.56 Å². The summed E-state index contributed by atoms with van der Waals surface area (Å²) in [6.45, 7) is 5.70. The summed E-state index contributed by atoms with van der Waals surface area (Å²) in [6.07, 6.45) is 0. The van der Waals surface area contributed by atoms with Crippen molar-refractivity contribution in [2.45, 2.75) is 25.8 Å². The van der Waals surface area contributed by atoms with Crippen LogP contribution in [0.25, 0.3) is 11.3 Å². The molecule has 10 heteroatoms. The second kappa shape index (κ2) is 9.67. The highest BCUT2D eigenvalue weighted by molar-refractivity contribution is 7.90. The molecule has 0 unspecified atom stereocenters. The topological polar surface area (TPSA) is 144 Å². The number of benzene rings is 2. The third-order valence-corrected chi connectivity index (χ3v) is 6.55. The van der Waals surface area contributed by atoms with E-state index in [0.717, 1.165) is 16.7 Å². The number of nitrogen functional groups attached to an aromatic ring is 1. The minimum atomic E-state index is -4.31. The molecule has 0 saturated carbocycles. The predicted octanol–water partition coefficient (Wildman–Crippen LogP) is 4.27. The molecule has 0 aliphatic rings. The Morgan fingerprint density at radius 3 is 2.25 bits per heavy atom. The molecular weight excluding hydrogens is 480 g/mol. The number of carbonyl (C=O) groups is 1. The maximum atomic E-state index is 13.1. The first kappa shape index (κ1) is 24.7. The number of aromatic nitrogens is 2. The number of pyridine rings is 2. The number of aryl methyl sites for hydroxylation is 3. The van der Waals surface area contributed by atoms with E-state index in [9.17, 15) is 18.3 Å². The van der Waals surface area contributed by atoms with Crippen LogP contribution in [0.4, 0.5) is 5.82 Å². The SMILES string of the molecule is Cc1cc(C)c(Oc2nc(-c3ccc(O)cc3)ccc2C(=O)NS(=O)(=O)c2cccc(N)n2)c(C)c1. The van der Waals surface area contributed by atoms with E-state index in [2.05, 4.69) is 9.97 Å². The van der Waals surface area contributed by atoms with E-state index < -0.39 is 21.0 Å². The number of sulfonamides is 1. The van der Waals surface area contributed by atoms with E-state index in [-0.39, 0.29) is 23.0 Å². The highest BCUT2D eigenvalue weighted by atomic mass is 32.2. The Balaban J connectivity index is 1.77. The van der Waals surface area contributed by atoms with Gasteiger partial charge in [0.25, 0.3) is 15.9 Å². The monoisotopic (exact) mass is 504 g/mol. The molecule has 0 bridgehead atoms. The van der Waals surface area contributed by atoms with Crippen LogP contribution in [0.5, 0.6) is 17.4 Å². The van der Waals surface area contributed by atoms with Gasteiger partial charge in [0.1, 0.15) is 22.9 Å². The highest BCUT2D eigenvalue weighted by Crippen LogP contribution is 2.33. The van der Waals surface area contributed by atoms with Crippen LogP contribution in [-0.2, 0) is 10.0 Å². The standard InChI is InChI=1S/C26H24N4O5S/c1-15-13-16(2)24(17(3)14-15)35-26-20(11-12-21(28-26)18-7-9-19(31)10-8-18)25(32)30-36(33,34)23-6-4-5-22(27)29-23/h4-14,31H,1-3H3,(H2,27,29)(H,30,32). The molecule has 4 N–H and O–H groups in total. The normalized spacial score (nSPS) is 11.2. The lowest BCUT2D eigenvalue weighted by molar-refractivity contribution is 0.0978. The zero-order valence-corrected chi connectivity index (χ0v) is 20.6. The molecule has 0 saturated heterocycles. The average molecular weight is 505 g/mol. The van der Waals surface area contributed by atoms with Crippen LogP contribution in [0.3, 0.4) is 0 Å². The summed E-state index contributed by atoms with van der Waals surface area (Å²) in [5.41, 5.74) is 9.32. The van der Waals surface area contributed by atoms with Gasteiger partial charge >= 0.3 is 0 Å². The quantitative estimate of drug-likeness (QED) is 0.353. The number of amides is 1. The van der Waals surface area contributed by atoms with Crippen LogP contribution in [0, 0.1) is 20.8 Å². The minimum absolute atomic E-state index is 0.000384. The summed E-state index contributed by atoms with van der Waals surface area (Å²) in [5, 5.41) is 9.21. The van der Waals surface area contributed by atoms with Crippen LogP contribution in [0.1, 0.15) is 27.0 Å². The molecule has 0 aliphatic heterocycles. The van der Waals surface area contributed by atoms with E-state index >= 15 is 0 Å². The van der Waals surface area contributed by atoms with E-state index in [1.165, 1.54) is 36.4 Å². The summed E-state index contributed by atoms with van der Waals surface area (Å²) >= 11 is 0. The van der Waals surface area contributed by atoms with Crippen LogP contribution in [0.15, 0.2) is 71.8 Å². The van der Waals surface area contributed by atoms with E-state index in [4.69, 9.17) is 10.5 Å². The fourth-order valence-corrected chi connectivity index (χ4v) is 4.66. The second-order valence-electron chi connectivity index (χ2n) is 8.26. The van der Waals surface area contributed by atoms with Crippen LogP contribution in [0.2, 0.25) is 0 Å². The number of ether oxygens (including phenoxy) is 1. The van der Waals surface area contributed by atoms with Crippen molar-refractivity contribution in [2.75, 3.05) is 5.73 Å². The van der Waals surface area contributed by atoms with Crippen LogP contribution < -0.4 is 15.2 Å². The van der Waals surface area contributed by atoms with E-state index in [1.807, 2.05) is 37.6 Å². The average Bonchev–Trinajstić information content (AvgIpc) is 2.81. The van der Waals surface area contributed by atoms with Gasteiger partial charge in [0.05, 0.1) is 5.69 Å². The first-order chi connectivity index (χ1) is 17.0. The van der Waals surface area contributed by atoms with Gasteiger partial charge in [0.2, 0.25) is 5.88 Å². The third kappa shape index (κ3) is 5.28. The zero-order chi connectivity index (χ0) is 26.0. The number of anilines is 1. The lowest BCUT2D eigenvalue weighted by Gasteiger charge is -2.16. The minimum Gasteiger partial charge on any atom is -0.508 e. The number of carbonyl (C=O) groups excluding carboxylic acids is 1. The Morgan fingerprint density at radius 1 is 0.944 bits per heavy atom. The van der Waals surface area contributed by atoms with Gasteiger partial charge in [-0.3, -0.25) is 4.79 Å². The van der Waals surface area contributed by atoms with Crippen molar-refractivity contribution in [1.29, 1.82) is 0 Å². The van der Waals surface area contributed by atoms with Gasteiger partial charge in [-0.05, 0) is 80.4 Å². The molecule has 9 nitrogen and oxygen atoms in total. The number of phenols is 1. The van der Waals surface area contributed by atoms with Gasteiger partial charge in [-0.15, -0.1) is 0 Å². The summed E-state index contributed by atoms with van der Waals surface area (Å²) in [4.78, 5) is 21.4. The largest absolute Gasteiger partial charge is 0.508 e. The number of aromatic hydroxyl groups is 1. The second-order valence-corrected chi connectivity index (χ2v) is 9.89. The number of hydrogen-bond donors (Lipinski definition) is 3. The molecule has 4 rings (SSSR count). The Kier molecular flexibility index (Phi) is 6.63.